The molecule has 2 fully saturated rings. The van der Waals surface area contributed by atoms with Gasteiger partial charge in [-0.1, -0.05) is 6.58 Å². The molecule has 1 saturated heterocycles. The minimum Gasteiger partial charge on any atom is -0.481 e. The number of hydrogen-bond acceptors (Lipinski definition) is 2. The van der Waals surface area contributed by atoms with Gasteiger partial charge in [-0.25, -0.2) is 0 Å². The first kappa shape index (κ1) is 11.2. The number of carbonyl (C=O) groups excluding carboxylic acids is 1. The molecule has 2 aliphatic rings. The number of rotatable bonds is 3. The average Bonchev–Trinajstić information content (AvgIpc) is 3.08. The van der Waals surface area contributed by atoms with Crippen molar-refractivity contribution in [2.45, 2.75) is 19.3 Å². The van der Waals surface area contributed by atoms with Crippen LogP contribution in [-0.4, -0.2) is 35.0 Å². The minimum absolute atomic E-state index is 0.0102. The van der Waals surface area contributed by atoms with Crippen LogP contribution in [0.4, 0.5) is 0 Å². The van der Waals surface area contributed by atoms with E-state index in [0.29, 0.717) is 11.8 Å². The van der Waals surface area contributed by atoms with Crippen molar-refractivity contribution in [1.29, 1.82) is 0 Å². The number of nitrogens with zero attached hydrogens (tertiary/aromatic N) is 1. The van der Waals surface area contributed by atoms with Crippen molar-refractivity contribution in [3.8, 4) is 0 Å². The molecule has 4 heteroatoms. The maximum absolute atomic E-state index is 11.3. The Morgan fingerprint density at radius 2 is 1.94 bits per heavy atom. The monoisotopic (exact) mass is 223 g/mol. The molecule has 88 valence electrons. The van der Waals surface area contributed by atoms with Gasteiger partial charge in [-0.05, 0) is 37.2 Å². The Kier molecular flexibility index (Phi) is 2.99. The van der Waals surface area contributed by atoms with Gasteiger partial charge in [0.2, 0.25) is 5.91 Å². The van der Waals surface area contributed by atoms with Crippen LogP contribution in [0.3, 0.4) is 0 Å². The van der Waals surface area contributed by atoms with Gasteiger partial charge in [0.05, 0.1) is 5.92 Å². The summed E-state index contributed by atoms with van der Waals surface area (Å²) in [4.78, 5) is 23.9. The summed E-state index contributed by atoms with van der Waals surface area (Å²) in [7, 11) is 0. The van der Waals surface area contributed by atoms with Crippen molar-refractivity contribution in [2.24, 2.45) is 17.8 Å². The maximum atomic E-state index is 11.3. The standard InChI is InChI=1S/C12H17NO3/c1-2-11(14)13-5-3-8(4-6-13)9-7-10(9)12(15)16/h2,8-10H,1,3-7H2,(H,15,16)/t9-,10+/m0/s1. The van der Waals surface area contributed by atoms with Crippen LogP contribution in [0.25, 0.3) is 0 Å². The topological polar surface area (TPSA) is 57.6 Å². The first-order valence-electron chi connectivity index (χ1n) is 5.77. The van der Waals surface area contributed by atoms with Crippen molar-refractivity contribution in [1.82, 2.24) is 4.90 Å². The quantitative estimate of drug-likeness (QED) is 0.730. The van der Waals surface area contributed by atoms with Crippen LogP contribution < -0.4 is 0 Å². The van der Waals surface area contributed by atoms with E-state index < -0.39 is 5.97 Å². The van der Waals surface area contributed by atoms with E-state index in [4.69, 9.17) is 5.11 Å². The zero-order chi connectivity index (χ0) is 11.7. The van der Waals surface area contributed by atoms with Crippen LogP contribution in [0.2, 0.25) is 0 Å². The molecule has 2 atom stereocenters. The smallest absolute Gasteiger partial charge is 0.306 e. The van der Waals surface area contributed by atoms with E-state index in [1.807, 2.05) is 0 Å². The number of aliphatic carboxylic acids is 1. The molecular weight excluding hydrogens is 206 g/mol. The van der Waals surface area contributed by atoms with Crippen molar-refractivity contribution in [3.05, 3.63) is 12.7 Å². The number of piperidine rings is 1. The predicted octanol–water partition coefficient (Wildman–Crippen LogP) is 1.13. The number of likely N-dealkylation sites (tertiary alicyclic amines) is 1. The van der Waals surface area contributed by atoms with E-state index in [-0.39, 0.29) is 11.8 Å². The van der Waals surface area contributed by atoms with E-state index in [1.54, 1.807) is 4.90 Å². The highest BCUT2D eigenvalue weighted by atomic mass is 16.4. The molecule has 1 aliphatic heterocycles. The molecule has 0 spiro atoms. The molecule has 0 radical (unpaired) electrons. The second-order valence-corrected chi connectivity index (χ2v) is 4.71. The summed E-state index contributed by atoms with van der Waals surface area (Å²) in [6.45, 7) is 4.97. The highest BCUT2D eigenvalue weighted by Crippen LogP contribution is 2.47. The molecule has 0 unspecified atom stereocenters. The Hall–Kier alpha value is -1.32. The first-order valence-corrected chi connectivity index (χ1v) is 5.77. The summed E-state index contributed by atoms with van der Waals surface area (Å²) in [6.07, 6.45) is 4.05. The van der Waals surface area contributed by atoms with Crippen LogP contribution in [-0.2, 0) is 9.59 Å². The van der Waals surface area contributed by atoms with E-state index in [9.17, 15) is 9.59 Å². The number of carbonyl (C=O) groups is 2. The number of carboxylic acids is 1. The van der Waals surface area contributed by atoms with Gasteiger partial charge >= 0.3 is 5.97 Å². The van der Waals surface area contributed by atoms with Crippen molar-refractivity contribution < 1.29 is 14.7 Å². The third-order valence-electron chi connectivity index (χ3n) is 3.79. The third kappa shape index (κ3) is 2.10. The number of carboxylic acid groups (broad SMARTS) is 1. The molecule has 0 aromatic rings. The molecule has 0 bridgehead atoms. The zero-order valence-electron chi connectivity index (χ0n) is 9.26. The Balaban J connectivity index is 1.80. The summed E-state index contributed by atoms with van der Waals surface area (Å²) in [5, 5.41) is 8.85. The molecule has 0 aromatic carbocycles. The molecule has 2 rings (SSSR count). The largest absolute Gasteiger partial charge is 0.481 e. The third-order valence-corrected chi connectivity index (χ3v) is 3.79. The van der Waals surface area contributed by atoms with Crippen molar-refractivity contribution >= 4 is 11.9 Å². The van der Waals surface area contributed by atoms with Crippen molar-refractivity contribution in [2.75, 3.05) is 13.1 Å². The van der Waals surface area contributed by atoms with Gasteiger partial charge in [0.15, 0.2) is 0 Å². The predicted molar refractivity (Wildman–Crippen MR) is 58.7 cm³/mol. The van der Waals surface area contributed by atoms with E-state index >= 15 is 0 Å². The molecule has 1 aliphatic carbocycles. The SMILES string of the molecule is C=CC(=O)N1CCC([C@@H]2C[C@H]2C(=O)O)CC1. The van der Waals surface area contributed by atoms with Gasteiger partial charge < -0.3 is 10.0 Å². The summed E-state index contributed by atoms with van der Waals surface area (Å²) >= 11 is 0. The average molecular weight is 223 g/mol. The highest BCUT2D eigenvalue weighted by molar-refractivity contribution is 5.87. The lowest BCUT2D eigenvalue weighted by Crippen LogP contribution is -2.38. The first-order chi connectivity index (χ1) is 7.63. The molecule has 1 N–H and O–H groups in total. The lowest BCUT2D eigenvalue weighted by molar-refractivity contribution is -0.139. The molecule has 0 aromatic heterocycles. The lowest BCUT2D eigenvalue weighted by Gasteiger charge is -2.31. The van der Waals surface area contributed by atoms with Crippen LogP contribution >= 0.6 is 0 Å². The maximum Gasteiger partial charge on any atom is 0.306 e. The fourth-order valence-electron chi connectivity index (χ4n) is 2.70. The second kappa shape index (κ2) is 4.28. The fraction of sp³-hybridized carbons (Fsp3) is 0.667. The Morgan fingerprint density at radius 1 is 1.31 bits per heavy atom. The molecule has 1 heterocycles. The Morgan fingerprint density at radius 3 is 2.38 bits per heavy atom. The molecule has 1 saturated carbocycles. The van der Waals surface area contributed by atoms with Crippen molar-refractivity contribution in [3.63, 3.8) is 0 Å². The van der Waals surface area contributed by atoms with Gasteiger partial charge in [-0.15, -0.1) is 0 Å². The molecule has 1 amide bonds. The minimum atomic E-state index is -0.658. The van der Waals surface area contributed by atoms with Gasteiger partial charge in [-0.2, -0.15) is 0 Å². The number of hydrogen-bond donors (Lipinski definition) is 1. The highest BCUT2D eigenvalue weighted by Gasteiger charge is 2.48. The van der Waals surface area contributed by atoms with Crippen LogP contribution in [0.15, 0.2) is 12.7 Å². The van der Waals surface area contributed by atoms with Gasteiger partial charge in [0.1, 0.15) is 0 Å². The van der Waals surface area contributed by atoms with Crippen LogP contribution in [0, 0.1) is 17.8 Å². The zero-order valence-corrected chi connectivity index (χ0v) is 9.26. The summed E-state index contributed by atoms with van der Waals surface area (Å²) < 4.78 is 0. The van der Waals surface area contributed by atoms with E-state index in [0.717, 1.165) is 32.4 Å². The Labute approximate surface area is 94.9 Å². The summed E-state index contributed by atoms with van der Waals surface area (Å²) in [5.74, 6) is 0.0683. The molecule has 4 nitrogen and oxygen atoms in total. The summed E-state index contributed by atoms with van der Waals surface area (Å²) in [5.41, 5.74) is 0. The normalized spacial score (nSPS) is 29.9. The molecule has 16 heavy (non-hydrogen) atoms. The van der Waals surface area contributed by atoms with Gasteiger partial charge in [0, 0.05) is 13.1 Å². The fourth-order valence-corrected chi connectivity index (χ4v) is 2.70. The Bertz CT molecular complexity index is 318. The van der Waals surface area contributed by atoms with Crippen LogP contribution in [0.1, 0.15) is 19.3 Å². The van der Waals surface area contributed by atoms with Crippen LogP contribution in [0.5, 0.6) is 0 Å². The van der Waals surface area contributed by atoms with E-state index in [1.165, 1.54) is 6.08 Å². The second-order valence-electron chi connectivity index (χ2n) is 4.71. The van der Waals surface area contributed by atoms with E-state index in [2.05, 4.69) is 6.58 Å². The van der Waals surface area contributed by atoms with Gasteiger partial charge in [0.25, 0.3) is 0 Å². The molecular formula is C12H17NO3. The summed E-state index contributed by atoms with van der Waals surface area (Å²) in [6, 6.07) is 0. The van der Waals surface area contributed by atoms with Gasteiger partial charge in [-0.3, -0.25) is 9.59 Å². The lowest BCUT2D eigenvalue weighted by atomic mass is 9.91. The number of amides is 1.